The van der Waals surface area contributed by atoms with Crippen LogP contribution in [0.15, 0.2) is 12.1 Å². The molecule has 1 aromatic carbocycles. The zero-order valence-corrected chi connectivity index (χ0v) is 20.8. The van der Waals surface area contributed by atoms with Crippen molar-refractivity contribution in [1.82, 2.24) is 4.98 Å². The fourth-order valence-electron chi connectivity index (χ4n) is 4.28. The largest absolute Gasteiger partial charge is 0.492 e. The molecule has 5 nitrogen and oxygen atoms in total. The third-order valence-electron chi connectivity index (χ3n) is 5.79. The standard InChI is InChI=1S/C25H28ClNO4S/c1-12-14(3)32-23-17(12)19(16-10-9-15-8-7-11-30-21(15)20(16)26)18(13(2)27-23)22(24(28)29)31-25(4,5)6/h9-10,22H,7-8,11H2,1-6H3,(H,28,29)/t22-/m0/s1. The van der Waals surface area contributed by atoms with Crippen molar-refractivity contribution in [2.75, 3.05) is 6.61 Å². The number of fused-ring (bicyclic) bond motifs is 2. The van der Waals surface area contributed by atoms with Gasteiger partial charge in [0.25, 0.3) is 0 Å². The number of nitrogens with zero attached hydrogens (tertiary/aromatic N) is 1. The van der Waals surface area contributed by atoms with Crippen LogP contribution in [0.1, 0.15) is 60.6 Å². The lowest BCUT2D eigenvalue weighted by Crippen LogP contribution is -2.28. The predicted molar refractivity (Wildman–Crippen MR) is 129 cm³/mol. The van der Waals surface area contributed by atoms with Crippen LogP contribution in [0.5, 0.6) is 5.75 Å². The Kier molecular flexibility index (Phi) is 5.99. The van der Waals surface area contributed by atoms with E-state index in [2.05, 4.69) is 6.92 Å². The zero-order chi connectivity index (χ0) is 23.4. The van der Waals surface area contributed by atoms with E-state index in [0.29, 0.717) is 28.6 Å². The fraction of sp³-hybridized carbons (Fsp3) is 0.440. The maximum absolute atomic E-state index is 12.4. The summed E-state index contributed by atoms with van der Waals surface area (Å²) >= 11 is 8.54. The number of hydrogen-bond donors (Lipinski definition) is 1. The minimum absolute atomic E-state index is 0.513. The number of thiophene rings is 1. The number of aromatic nitrogens is 1. The Labute approximate surface area is 197 Å². The van der Waals surface area contributed by atoms with Crippen LogP contribution in [0.2, 0.25) is 5.02 Å². The first-order chi connectivity index (χ1) is 15.0. The lowest BCUT2D eigenvalue weighted by molar-refractivity contribution is -0.160. The first-order valence-electron chi connectivity index (χ1n) is 10.7. The first kappa shape index (κ1) is 23.0. The van der Waals surface area contributed by atoms with Crippen molar-refractivity contribution in [3.8, 4) is 16.9 Å². The SMILES string of the molecule is Cc1nc2sc(C)c(C)c2c(-c2ccc3c(c2Cl)OCCC3)c1[C@H](OC(C)(C)C)C(=O)O. The Balaban J connectivity index is 2.11. The molecule has 7 heteroatoms. The van der Waals surface area contributed by atoms with E-state index in [4.69, 9.17) is 26.1 Å². The van der Waals surface area contributed by atoms with Gasteiger partial charge in [-0.25, -0.2) is 9.78 Å². The second kappa shape index (κ2) is 8.32. The molecule has 1 aliphatic heterocycles. The van der Waals surface area contributed by atoms with Crippen molar-refractivity contribution in [3.63, 3.8) is 0 Å². The van der Waals surface area contributed by atoms with E-state index in [-0.39, 0.29) is 0 Å². The van der Waals surface area contributed by atoms with Crippen LogP contribution in [-0.4, -0.2) is 28.3 Å². The highest BCUT2D eigenvalue weighted by Gasteiger charge is 2.34. The molecule has 0 spiro atoms. The number of carboxylic acids is 1. The molecule has 32 heavy (non-hydrogen) atoms. The molecule has 0 unspecified atom stereocenters. The average molecular weight is 474 g/mol. The highest BCUT2D eigenvalue weighted by molar-refractivity contribution is 7.18. The number of carbonyl (C=O) groups is 1. The highest BCUT2D eigenvalue weighted by atomic mass is 35.5. The van der Waals surface area contributed by atoms with Crippen molar-refractivity contribution in [1.29, 1.82) is 0 Å². The Morgan fingerprint density at radius 3 is 2.66 bits per heavy atom. The van der Waals surface area contributed by atoms with Crippen molar-refractivity contribution in [2.24, 2.45) is 0 Å². The van der Waals surface area contributed by atoms with Gasteiger partial charge in [-0.3, -0.25) is 0 Å². The molecule has 0 bridgehead atoms. The average Bonchev–Trinajstić information content (AvgIpc) is 2.99. The summed E-state index contributed by atoms with van der Waals surface area (Å²) in [5.41, 5.74) is 4.18. The van der Waals surface area contributed by atoms with Gasteiger partial charge in [0.1, 0.15) is 10.6 Å². The van der Waals surface area contributed by atoms with Gasteiger partial charge in [-0.15, -0.1) is 11.3 Å². The number of aryl methyl sites for hydroxylation is 4. The van der Waals surface area contributed by atoms with E-state index in [1.807, 2.05) is 46.8 Å². The van der Waals surface area contributed by atoms with E-state index in [9.17, 15) is 9.90 Å². The predicted octanol–water partition coefficient (Wildman–Crippen LogP) is 6.81. The molecule has 0 fully saturated rings. The zero-order valence-electron chi connectivity index (χ0n) is 19.3. The molecule has 1 N–H and O–H groups in total. The van der Waals surface area contributed by atoms with Crippen LogP contribution in [0.4, 0.5) is 0 Å². The van der Waals surface area contributed by atoms with Gasteiger partial charge in [-0.05, 0) is 65.5 Å². The summed E-state index contributed by atoms with van der Waals surface area (Å²) in [7, 11) is 0. The second-order valence-electron chi connectivity index (χ2n) is 9.27. The summed E-state index contributed by atoms with van der Waals surface area (Å²) < 4.78 is 12.0. The van der Waals surface area contributed by atoms with E-state index >= 15 is 0 Å². The van der Waals surface area contributed by atoms with Gasteiger partial charge in [0.15, 0.2) is 6.10 Å². The molecule has 0 radical (unpaired) electrons. The number of benzene rings is 1. The van der Waals surface area contributed by atoms with Crippen molar-refractivity contribution in [2.45, 2.75) is 66.1 Å². The molecule has 1 atom stereocenters. The van der Waals surface area contributed by atoms with Gasteiger partial charge >= 0.3 is 5.97 Å². The summed E-state index contributed by atoms with van der Waals surface area (Å²) in [6.45, 7) is 12.1. The Morgan fingerprint density at radius 2 is 2.00 bits per heavy atom. The number of ether oxygens (including phenoxy) is 2. The van der Waals surface area contributed by atoms with Crippen LogP contribution < -0.4 is 4.74 Å². The topological polar surface area (TPSA) is 68.7 Å². The third-order valence-corrected chi connectivity index (χ3v) is 7.26. The second-order valence-corrected chi connectivity index (χ2v) is 10.8. The normalized spacial score (nSPS) is 14.8. The number of halogens is 1. The minimum atomic E-state index is -1.19. The van der Waals surface area contributed by atoms with Crippen molar-refractivity contribution >= 4 is 39.1 Å². The van der Waals surface area contributed by atoms with E-state index in [1.54, 1.807) is 11.3 Å². The molecule has 170 valence electrons. The molecule has 0 amide bonds. The third kappa shape index (κ3) is 4.00. The molecule has 3 aromatic rings. The molecular formula is C25H28ClNO4S. The molecule has 0 aliphatic carbocycles. The Morgan fingerprint density at radius 1 is 1.28 bits per heavy atom. The van der Waals surface area contributed by atoms with Crippen LogP contribution in [-0.2, 0) is 16.0 Å². The molecular weight excluding hydrogens is 446 g/mol. The van der Waals surface area contributed by atoms with Crippen molar-refractivity contribution in [3.05, 3.63) is 44.4 Å². The smallest absolute Gasteiger partial charge is 0.337 e. The lowest BCUT2D eigenvalue weighted by Gasteiger charge is -2.28. The summed E-state index contributed by atoms with van der Waals surface area (Å²) in [6, 6.07) is 4.02. The van der Waals surface area contributed by atoms with Crippen LogP contribution >= 0.6 is 22.9 Å². The van der Waals surface area contributed by atoms with Crippen molar-refractivity contribution < 1.29 is 19.4 Å². The summed E-state index contributed by atoms with van der Waals surface area (Å²) in [6.07, 6.45) is 0.680. The molecule has 4 rings (SSSR count). The van der Waals surface area contributed by atoms with Gasteiger partial charge < -0.3 is 14.6 Å². The maximum atomic E-state index is 12.4. The summed E-state index contributed by atoms with van der Waals surface area (Å²) in [5.74, 6) is -0.363. The summed E-state index contributed by atoms with van der Waals surface area (Å²) in [4.78, 5) is 19.2. The maximum Gasteiger partial charge on any atom is 0.337 e. The number of hydrogen-bond acceptors (Lipinski definition) is 5. The first-order valence-corrected chi connectivity index (χ1v) is 11.9. The quantitative estimate of drug-likeness (QED) is 0.450. The van der Waals surface area contributed by atoms with E-state index in [0.717, 1.165) is 50.2 Å². The van der Waals surface area contributed by atoms with Crippen LogP contribution in [0.25, 0.3) is 21.3 Å². The molecule has 1 aliphatic rings. The minimum Gasteiger partial charge on any atom is -0.492 e. The molecule has 0 saturated heterocycles. The van der Waals surface area contributed by atoms with Gasteiger partial charge in [0.05, 0.1) is 17.2 Å². The molecule has 0 saturated carbocycles. The van der Waals surface area contributed by atoms with E-state index in [1.165, 1.54) is 0 Å². The van der Waals surface area contributed by atoms with Gasteiger partial charge in [0.2, 0.25) is 0 Å². The monoisotopic (exact) mass is 473 g/mol. The van der Waals surface area contributed by atoms with Crippen LogP contribution in [0.3, 0.4) is 0 Å². The van der Waals surface area contributed by atoms with Gasteiger partial charge in [-0.2, -0.15) is 0 Å². The van der Waals surface area contributed by atoms with Crippen LogP contribution in [0, 0.1) is 20.8 Å². The fourth-order valence-corrected chi connectivity index (χ4v) is 5.69. The number of pyridine rings is 1. The van der Waals surface area contributed by atoms with Gasteiger partial charge in [0, 0.05) is 32.6 Å². The number of carboxylic acid groups (broad SMARTS) is 1. The van der Waals surface area contributed by atoms with Gasteiger partial charge in [-0.1, -0.05) is 23.7 Å². The molecule has 2 aromatic heterocycles. The molecule has 3 heterocycles. The highest BCUT2D eigenvalue weighted by Crippen LogP contribution is 2.48. The Bertz CT molecular complexity index is 1230. The Hall–Kier alpha value is -2.15. The van der Waals surface area contributed by atoms with E-state index < -0.39 is 17.7 Å². The summed E-state index contributed by atoms with van der Waals surface area (Å²) in [5, 5.41) is 11.6. The number of rotatable bonds is 4. The number of aliphatic carboxylic acids is 1. The lowest BCUT2D eigenvalue weighted by atomic mass is 9.89.